The maximum absolute atomic E-state index is 12.5. The lowest BCUT2D eigenvalue weighted by atomic mass is 10.00. The highest BCUT2D eigenvalue weighted by Gasteiger charge is 2.28. The van der Waals surface area contributed by atoms with Gasteiger partial charge in [0.05, 0.1) is 11.0 Å². The summed E-state index contributed by atoms with van der Waals surface area (Å²) in [6, 6.07) is 5.94. The number of piperidine rings is 1. The standard InChI is InChI=1S/C14H15N3O3/c1-10-8-11(17(19)20)5-6-13(10)14(18)16-7-3-2-4-12(16)9-15/h5-6,8,12H,2-4,7H2,1H3. The van der Waals surface area contributed by atoms with E-state index in [0.717, 1.165) is 12.8 Å². The molecule has 1 amide bonds. The molecule has 0 radical (unpaired) electrons. The van der Waals surface area contributed by atoms with Crippen molar-refractivity contribution in [2.75, 3.05) is 6.54 Å². The molecule has 20 heavy (non-hydrogen) atoms. The highest BCUT2D eigenvalue weighted by molar-refractivity contribution is 5.96. The summed E-state index contributed by atoms with van der Waals surface area (Å²) in [4.78, 5) is 24.3. The molecule has 1 aliphatic heterocycles. The molecular weight excluding hydrogens is 258 g/mol. The van der Waals surface area contributed by atoms with E-state index in [-0.39, 0.29) is 11.6 Å². The second kappa shape index (κ2) is 5.70. The first-order chi connectivity index (χ1) is 9.54. The number of hydrogen-bond donors (Lipinski definition) is 0. The molecule has 0 aromatic heterocycles. The number of nitro groups is 1. The molecule has 0 aliphatic carbocycles. The van der Waals surface area contributed by atoms with E-state index in [0.29, 0.717) is 24.1 Å². The lowest BCUT2D eigenvalue weighted by Gasteiger charge is -2.31. The zero-order chi connectivity index (χ0) is 14.7. The number of aryl methyl sites for hydroxylation is 1. The molecule has 1 aliphatic rings. The van der Waals surface area contributed by atoms with Crippen LogP contribution in [-0.2, 0) is 0 Å². The van der Waals surface area contributed by atoms with Gasteiger partial charge in [0.15, 0.2) is 0 Å². The molecule has 104 valence electrons. The van der Waals surface area contributed by atoms with Gasteiger partial charge in [-0.1, -0.05) is 0 Å². The van der Waals surface area contributed by atoms with Crippen molar-refractivity contribution in [2.24, 2.45) is 0 Å². The van der Waals surface area contributed by atoms with Crippen molar-refractivity contribution < 1.29 is 9.72 Å². The van der Waals surface area contributed by atoms with E-state index in [1.54, 1.807) is 11.8 Å². The van der Waals surface area contributed by atoms with Crippen LogP contribution in [0.3, 0.4) is 0 Å². The highest BCUT2D eigenvalue weighted by Crippen LogP contribution is 2.23. The summed E-state index contributed by atoms with van der Waals surface area (Å²) in [5.41, 5.74) is 0.957. The first-order valence-corrected chi connectivity index (χ1v) is 6.50. The average Bonchev–Trinajstić information content (AvgIpc) is 2.46. The Kier molecular flexibility index (Phi) is 3.99. The van der Waals surface area contributed by atoms with Gasteiger partial charge in [-0.3, -0.25) is 14.9 Å². The maximum Gasteiger partial charge on any atom is 0.269 e. The van der Waals surface area contributed by atoms with Gasteiger partial charge in [-0.05, 0) is 37.8 Å². The number of non-ortho nitro benzene ring substituents is 1. The van der Waals surface area contributed by atoms with Crippen molar-refractivity contribution in [3.8, 4) is 6.07 Å². The number of benzene rings is 1. The lowest BCUT2D eigenvalue weighted by Crippen LogP contribution is -2.43. The summed E-state index contributed by atoms with van der Waals surface area (Å²) < 4.78 is 0. The zero-order valence-corrected chi connectivity index (χ0v) is 11.2. The fourth-order valence-electron chi connectivity index (χ4n) is 2.46. The molecule has 2 rings (SSSR count). The Morgan fingerprint density at radius 1 is 1.50 bits per heavy atom. The van der Waals surface area contributed by atoms with Crippen molar-refractivity contribution >= 4 is 11.6 Å². The van der Waals surface area contributed by atoms with Crippen LogP contribution in [0.4, 0.5) is 5.69 Å². The average molecular weight is 273 g/mol. The molecule has 1 heterocycles. The Labute approximate surface area is 116 Å². The quantitative estimate of drug-likeness (QED) is 0.611. The predicted octanol–water partition coefficient (Wildman–Crippen LogP) is 2.42. The highest BCUT2D eigenvalue weighted by atomic mass is 16.6. The van der Waals surface area contributed by atoms with Gasteiger partial charge >= 0.3 is 0 Å². The van der Waals surface area contributed by atoms with Crippen LogP contribution >= 0.6 is 0 Å². The van der Waals surface area contributed by atoms with Crippen LogP contribution < -0.4 is 0 Å². The Bertz CT molecular complexity index is 592. The fraction of sp³-hybridized carbons (Fsp3) is 0.429. The largest absolute Gasteiger partial charge is 0.323 e. The molecule has 1 saturated heterocycles. The second-order valence-electron chi connectivity index (χ2n) is 4.90. The molecule has 0 saturated carbocycles. The molecule has 1 aromatic carbocycles. The zero-order valence-electron chi connectivity index (χ0n) is 11.2. The lowest BCUT2D eigenvalue weighted by molar-refractivity contribution is -0.384. The molecule has 1 fully saturated rings. The third-order valence-electron chi connectivity index (χ3n) is 3.56. The van der Waals surface area contributed by atoms with Crippen LogP contribution in [0.15, 0.2) is 18.2 Å². The topological polar surface area (TPSA) is 87.2 Å². The molecule has 0 N–H and O–H groups in total. The van der Waals surface area contributed by atoms with Crippen LogP contribution in [0.2, 0.25) is 0 Å². The number of rotatable bonds is 2. The van der Waals surface area contributed by atoms with Gasteiger partial charge in [0.1, 0.15) is 6.04 Å². The first-order valence-electron chi connectivity index (χ1n) is 6.50. The molecule has 6 heteroatoms. The van der Waals surface area contributed by atoms with Crippen LogP contribution in [0, 0.1) is 28.4 Å². The van der Waals surface area contributed by atoms with Gasteiger partial charge in [0, 0.05) is 24.2 Å². The van der Waals surface area contributed by atoms with Crippen molar-refractivity contribution in [1.29, 1.82) is 5.26 Å². The summed E-state index contributed by atoms with van der Waals surface area (Å²) >= 11 is 0. The fourth-order valence-corrected chi connectivity index (χ4v) is 2.46. The second-order valence-corrected chi connectivity index (χ2v) is 4.90. The van der Waals surface area contributed by atoms with Gasteiger partial charge < -0.3 is 4.90 Å². The summed E-state index contributed by atoms with van der Waals surface area (Å²) in [5, 5.41) is 19.8. The molecule has 1 aromatic rings. The van der Waals surface area contributed by atoms with Crippen molar-refractivity contribution in [1.82, 2.24) is 4.90 Å². The van der Waals surface area contributed by atoms with E-state index in [9.17, 15) is 14.9 Å². The van der Waals surface area contributed by atoms with E-state index in [1.165, 1.54) is 18.2 Å². The van der Waals surface area contributed by atoms with E-state index in [4.69, 9.17) is 5.26 Å². The number of hydrogen-bond acceptors (Lipinski definition) is 4. The Morgan fingerprint density at radius 3 is 2.85 bits per heavy atom. The molecule has 0 spiro atoms. The SMILES string of the molecule is Cc1cc([N+](=O)[O-])ccc1C(=O)N1CCCCC1C#N. The molecule has 1 unspecified atom stereocenters. The van der Waals surface area contributed by atoms with E-state index in [2.05, 4.69) is 6.07 Å². The molecule has 1 atom stereocenters. The number of nitrogens with zero attached hydrogens (tertiary/aromatic N) is 3. The van der Waals surface area contributed by atoms with Gasteiger partial charge in [0.2, 0.25) is 0 Å². The number of nitro benzene ring substituents is 1. The Balaban J connectivity index is 2.29. The third-order valence-corrected chi connectivity index (χ3v) is 3.56. The first kappa shape index (κ1) is 14.0. The summed E-state index contributed by atoms with van der Waals surface area (Å²) in [5.74, 6) is -0.219. The Hall–Kier alpha value is -2.42. The van der Waals surface area contributed by atoms with Crippen molar-refractivity contribution in [2.45, 2.75) is 32.2 Å². The van der Waals surface area contributed by atoms with Gasteiger partial charge in [-0.25, -0.2) is 0 Å². The number of carbonyl (C=O) groups excluding carboxylic acids is 1. The van der Waals surface area contributed by atoms with Gasteiger partial charge in [0.25, 0.3) is 11.6 Å². The number of nitriles is 1. The maximum atomic E-state index is 12.5. The predicted molar refractivity (Wildman–Crippen MR) is 72.1 cm³/mol. The third kappa shape index (κ3) is 2.62. The van der Waals surface area contributed by atoms with Crippen LogP contribution in [0.25, 0.3) is 0 Å². The van der Waals surface area contributed by atoms with Gasteiger partial charge in [-0.15, -0.1) is 0 Å². The van der Waals surface area contributed by atoms with Crippen LogP contribution in [0.5, 0.6) is 0 Å². The molecule has 0 bridgehead atoms. The van der Waals surface area contributed by atoms with Crippen LogP contribution in [0.1, 0.15) is 35.2 Å². The number of amides is 1. The van der Waals surface area contributed by atoms with E-state index >= 15 is 0 Å². The minimum absolute atomic E-state index is 0.0328. The summed E-state index contributed by atoms with van der Waals surface area (Å²) in [6.07, 6.45) is 2.52. The normalized spacial score (nSPS) is 18.4. The summed E-state index contributed by atoms with van der Waals surface area (Å²) in [6.45, 7) is 2.24. The minimum atomic E-state index is -0.486. The van der Waals surface area contributed by atoms with Crippen LogP contribution in [-0.4, -0.2) is 28.3 Å². The molecular formula is C14H15N3O3. The minimum Gasteiger partial charge on any atom is -0.323 e. The monoisotopic (exact) mass is 273 g/mol. The summed E-state index contributed by atoms with van der Waals surface area (Å²) in [7, 11) is 0. The van der Waals surface area contributed by atoms with E-state index < -0.39 is 11.0 Å². The van der Waals surface area contributed by atoms with Crippen molar-refractivity contribution in [3.63, 3.8) is 0 Å². The van der Waals surface area contributed by atoms with Crippen molar-refractivity contribution in [3.05, 3.63) is 39.4 Å². The molecule has 6 nitrogen and oxygen atoms in total. The Morgan fingerprint density at radius 2 is 2.25 bits per heavy atom. The van der Waals surface area contributed by atoms with E-state index in [1.807, 2.05) is 0 Å². The number of carbonyl (C=O) groups is 1. The number of likely N-dealkylation sites (tertiary alicyclic amines) is 1. The smallest absolute Gasteiger partial charge is 0.269 e. The van der Waals surface area contributed by atoms with Gasteiger partial charge in [-0.2, -0.15) is 5.26 Å².